The maximum atomic E-state index is 11.2. The fourth-order valence-electron chi connectivity index (χ4n) is 1.27. The third-order valence-corrected chi connectivity index (χ3v) is 2.39. The quantitative estimate of drug-likeness (QED) is 0.663. The Hall–Kier alpha value is -1.22. The van der Waals surface area contributed by atoms with E-state index in [9.17, 15) is 4.79 Å². The second-order valence-electron chi connectivity index (χ2n) is 4.13. The van der Waals surface area contributed by atoms with Gasteiger partial charge in [0.05, 0.1) is 0 Å². The summed E-state index contributed by atoms with van der Waals surface area (Å²) in [6.45, 7) is 4.67. The first-order valence-corrected chi connectivity index (χ1v) is 5.69. The van der Waals surface area contributed by atoms with Gasteiger partial charge in [-0.2, -0.15) is 0 Å². The molecule has 1 aromatic heterocycles. The van der Waals surface area contributed by atoms with E-state index in [2.05, 4.69) is 4.98 Å². The number of carbonyl (C=O) groups excluding carboxylic acids is 1. The molecule has 1 heterocycles. The van der Waals surface area contributed by atoms with Crippen LogP contribution in [0.1, 0.15) is 25.8 Å². The van der Waals surface area contributed by atoms with Crippen LogP contribution in [-0.4, -0.2) is 24.0 Å². The van der Waals surface area contributed by atoms with Crippen molar-refractivity contribution in [3.05, 3.63) is 30.1 Å². The van der Waals surface area contributed by atoms with E-state index in [-0.39, 0.29) is 18.3 Å². The Morgan fingerprint density at radius 2 is 2.06 bits per heavy atom. The lowest BCUT2D eigenvalue weighted by Gasteiger charge is -2.05. The average Bonchev–Trinajstić information content (AvgIpc) is 2.29. The minimum Gasteiger partial charge on any atom is -0.374 e. The first-order valence-electron chi connectivity index (χ1n) is 5.69. The molecule has 0 unspecified atom stereocenters. The molecule has 0 aliphatic heterocycles. The van der Waals surface area contributed by atoms with Crippen molar-refractivity contribution < 1.29 is 9.53 Å². The highest BCUT2D eigenvalue weighted by Crippen LogP contribution is 2.01. The highest BCUT2D eigenvalue weighted by Gasteiger charge is 2.06. The van der Waals surface area contributed by atoms with E-state index in [1.54, 1.807) is 12.4 Å². The van der Waals surface area contributed by atoms with Crippen LogP contribution in [0, 0.1) is 5.92 Å². The van der Waals surface area contributed by atoms with E-state index in [4.69, 9.17) is 4.74 Å². The highest BCUT2D eigenvalue weighted by molar-refractivity contribution is 5.81. The Bertz CT molecular complexity index is 309. The Balaban J connectivity index is 2.07. The number of hydrogen-bond acceptors (Lipinski definition) is 3. The minimum atomic E-state index is 0.0696. The molecule has 0 atom stereocenters. The number of aryl methyl sites for hydroxylation is 1. The second kappa shape index (κ2) is 7.12. The molecule has 0 aromatic carbocycles. The molecule has 0 radical (unpaired) electrons. The van der Waals surface area contributed by atoms with Crippen molar-refractivity contribution in [2.24, 2.45) is 5.92 Å². The van der Waals surface area contributed by atoms with Gasteiger partial charge < -0.3 is 4.74 Å². The number of hydrogen-bond donors (Lipinski definition) is 0. The summed E-state index contributed by atoms with van der Waals surface area (Å²) >= 11 is 0. The molecule has 1 rings (SSSR count). The number of rotatable bonds is 7. The number of Topliss-reactive ketones (excluding diaryl/α,β-unsaturated/α-hetero) is 1. The first-order chi connectivity index (χ1) is 7.70. The zero-order chi connectivity index (χ0) is 11.8. The normalized spacial score (nSPS) is 10.7. The van der Waals surface area contributed by atoms with E-state index in [1.165, 1.54) is 5.56 Å². The Morgan fingerprint density at radius 3 is 2.69 bits per heavy atom. The summed E-state index contributed by atoms with van der Waals surface area (Å²) in [5, 5.41) is 0. The third kappa shape index (κ3) is 5.03. The van der Waals surface area contributed by atoms with Crippen LogP contribution < -0.4 is 0 Å². The molecule has 0 saturated carbocycles. The number of nitrogens with zero attached hydrogens (tertiary/aromatic N) is 1. The van der Waals surface area contributed by atoms with Gasteiger partial charge in [0.1, 0.15) is 6.61 Å². The number of ether oxygens (including phenoxy) is 1. The molecule has 1 aromatic rings. The lowest BCUT2D eigenvalue weighted by molar-refractivity contribution is -0.126. The van der Waals surface area contributed by atoms with Crippen molar-refractivity contribution in [1.82, 2.24) is 4.98 Å². The van der Waals surface area contributed by atoms with Crippen molar-refractivity contribution in [3.8, 4) is 0 Å². The molecule has 3 nitrogen and oxygen atoms in total. The summed E-state index contributed by atoms with van der Waals surface area (Å²) in [6.07, 6.45) is 5.49. The average molecular weight is 221 g/mol. The molecule has 0 aliphatic carbocycles. The SMILES string of the molecule is CC(C)C(=O)COCCCc1ccncc1. The van der Waals surface area contributed by atoms with E-state index in [0.29, 0.717) is 6.61 Å². The monoisotopic (exact) mass is 221 g/mol. The van der Waals surface area contributed by atoms with Crippen LogP contribution >= 0.6 is 0 Å². The summed E-state index contributed by atoms with van der Waals surface area (Å²) in [4.78, 5) is 15.2. The van der Waals surface area contributed by atoms with Crippen LogP contribution in [0.3, 0.4) is 0 Å². The van der Waals surface area contributed by atoms with Crippen molar-refractivity contribution in [2.45, 2.75) is 26.7 Å². The zero-order valence-corrected chi connectivity index (χ0v) is 9.98. The van der Waals surface area contributed by atoms with E-state index >= 15 is 0 Å². The Morgan fingerprint density at radius 1 is 1.38 bits per heavy atom. The van der Waals surface area contributed by atoms with Crippen molar-refractivity contribution in [2.75, 3.05) is 13.2 Å². The number of aromatic nitrogens is 1. The van der Waals surface area contributed by atoms with Gasteiger partial charge in [-0.05, 0) is 30.5 Å². The predicted octanol–water partition coefficient (Wildman–Crippen LogP) is 2.26. The molecule has 0 spiro atoms. The summed E-state index contributed by atoms with van der Waals surface area (Å²) in [5.74, 6) is 0.240. The van der Waals surface area contributed by atoms with Gasteiger partial charge in [-0.3, -0.25) is 9.78 Å². The third-order valence-electron chi connectivity index (χ3n) is 2.39. The predicted molar refractivity (Wildman–Crippen MR) is 63.2 cm³/mol. The lowest BCUT2D eigenvalue weighted by Crippen LogP contribution is -2.15. The Labute approximate surface area is 96.8 Å². The number of pyridine rings is 1. The Kier molecular flexibility index (Phi) is 5.72. The minimum absolute atomic E-state index is 0.0696. The fourth-order valence-corrected chi connectivity index (χ4v) is 1.27. The summed E-state index contributed by atoms with van der Waals surface area (Å²) in [6, 6.07) is 4.00. The zero-order valence-electron chi connectivity index (χ0n) is 9.98. The van der Waals surface area contributed by atoms with Crippen molar-refractivity contribution in [1.29, 1.82) is 0 Å². The van der Waals surface area contributed by atoms with Crippen LogP contribution in [0.15, 0.2) is 24.5 Å². The summed E-state index contributed by atoms with van der Waals surface area (Å²) in [7, 11) is 0. The maximum absolute atomic E-state index is 11.2. The summed E-state index contributed by atoms with van der Waals surface area (Å²) in [5.41, 5.74) is 1.26. The second-order valence-corrected chi connectivity index (χ2v) is 4.13. The molecule has 0 bridgehead atoms. The van der Waals surface area contributed by atoms with Gasteiger partial charge in [-0.15, -0.1) is 0 Å². The van der Waals surface area contributed by atoms with E-state index in [0.717, 1.165) is 12.8 Å². The molecule has 0 aliphatic rings. The van der Waals surface area contributed by atoms with Gasteiger partial charge in [0.15, 0.2) is 5.78 Å². The molecular formula is C13H19NO2. The van der Waals surface area contributed by atoms with Gasteiger partial charge >= 0.3 is 0 Å². The molecule has 0 saturated heterocycles. The highest BCUT2D eigenvalue weighted by atomic mass is 16.5. The standard InChI is InChI=1S/C13H19NO2/c1-11(2)13(15)10-16-9-3-4-12-5-7-14-8-6-12/h5-8,11H,3-4,9-10H2,1-2H3. The maximum Gasteiger partial charge on any atom is 0.160 e. The number of ketones is 1. The molecule has 3 heteroatoms. The van der Waals surface area contributed by atoms with Gasteiger partial charge in [0, 0.05) is 24.9 Å². The molecule has 0 fully saturated rings. The molecule has 16 heavy (non-hydrogen) atoms. The van der Waals surface area contributed by atoms with E-state index < -0.39 is 0 Å². The van der Waals surface area contributed by atoms with Gasteiger partial charge in [0.25, 0.3) is 0 Å². The van der Waals surface area contributed by atoms with Crippen molar-refractivity contribution >= 4 is 5.78 Å². The van der Waals surface area contributed by atoms with Crippen LogP contribution in [0.25, 0.3) is 0 Å². The molecule has 0 N–H and O–H groups in total. The molecule has 88 valence electrons. The molecule has 0 amide bonds. The smallest absolute Gasteiger partial charge is 0.160 e. The topological polar surface area (TPSA) is 39.2 Å². The number of carbonyl (C=O) groups is 1. The van der Waals surface area contributed by atoms with E-state index in [1.807, 2.05) is 26.0 Å². The van der Waals surface area contributed by atoms with Crippen LogP contribution in [0.2, 0.25) is 0 Å². The summed E-state index contributed by atoms with van der Waals surface area (Å²) < 4.78 is 5.31. The van der Waals surface area contributed by atoms with Crippen LogP contribution in [-0.2, 0) is 16.0 Å². The van der Waals surface area contributed by atoms with Crippen molar-refractivity contribution in [3.63, 3.8) is 0 Å². The van der Waals surface area contributed by atoms with Crippen LogP contribution in [0.5, 0.6) is 0 Å². The van der Waals surface area contributed by atoms with Gasteiger partial charge in [-0.1, -0.05) is 13.8 Å². The fraction of sp³-hybridized carbons (Fsp3) is 0.538. The molecular weight excluding hydrogens is 202 g/mol. The largest absolute Gasteiger partial charge is 0.374 e. The van der Waals surface area contributed by atoms with Gasteiger partial charge in [-0.25, -0.2) is 0 Å². The first kappa shape index (κ1) is 12.8. The lowest BCUT2D eigenvalue weighted by atomic mass is 10.1. The van der Waals surface area contributed by atoms with Crippen LogP contribution in [0.4, 0.5) is 0 Å². The van der Waals surface area contributed by atoms with Gasteiger partial charge in [0.2, 0.25) is 0 Å².